The maximum absolute atomic E-state index is 4.24. The van der Waals surface area contributed by atoms with Crippen molar-refractivity contribution in [1.82, 2.24) is 39.9 Å². The molecule has 0 aliphatic carbocycles. The lowest BCUT2D eigenvalue weighted by Gasteiger charge is -1.98. The van der Waals surface area contributed by atoms with Crippen LogP contribution in [0.1, 0.15) is 0 Å². The van der Waals surface area contributed by atoms with Gasteiger partial charge in [-0.3, -0.25) is 39.9 Å². The van der Waals surface area contributed by atoms with Gasteiger partial charge in [-0.25, -0.2) is 0 Å². The van der Waals surface area contributed by atoms with Crippen molar-refractivity contribution >= 4 is 44.1 Å². The Morgan fingerprint density at radius 2 is 0.500 bits per heavy atom. The largest absolute Gasteiger partial charge is 0.253 e. The Bertz CT molecular complexity index is 1210. The van der Waals surface area contributed by atoms with Gasteiger partial charge in [0.2, 0.25) is 0 Å². The smallest absolute Gasteiger partial charge is 0.116 e. The molecule has 6 aromatic rings. The molecule has 0 atom stereocenters. The van der Waals surface area contributed by atoms with Gasteiger partial charge in [0.1, 0.15) is 22.1 Å². The molecule has 0 aliphatic rings. The summed E-state index contributed by atoms with van der Waals surface area (Å²) in [5.74, 6) is 0. The molecule has 132 valence electrons. The highest BCUT2D eigenvalue weighted by Crippen LogP contribution is 2.18. The van der Waals surface area contributed by atoms with Gasteiger partial charge < -0.3 is 0 Å². The summed E-state index contributed by atoms with van der Waals surface area (Å²) in [5, 5.41) is 0. The van der Waals surface area contributed by atoms with Crippen LogP contribution in [0.4, 0.5) is 0 Å². The summed E-state index contributed by atoms with van der Waals surface area (Å²) in [7, 11) is 0. The van der Waals surface area contributed by atoms with E-state index in [1.54, 1.807) is 49.6 Å². The molecule has 4 aromatic heterocycles. The third kappa shape index (κ3) is 2.82. The Hall–Kier alpha value is -4.20. The summed E-state index contributed by atoms with van der Waals surface area (Å²) < 4.78 is 0. The zero-order chi connectivity index (χ0) is 18.8. The van der Waals surface area contributed by atoms with Crippen LogP contribution in [0.2, 0.25) is 0 Å². The summed E-state index contributed by atoms with van der Waals surface area (Å²) in [6, 6.07) is 7.61. The van der Waals surface area contributed by atoms with Crippen molar-refractivity contribution in [1.29, 1.82) is 0 Å². The molecule has 2 aromatic carbocycles. The minimum atomic E-state index is 0.804. The van der Waals surface area contributed by atoms with Gasteiger partial charge >= 0.3 is 0 Å². The summed E-state index contributed by atoms with van der Waals surface area (Å²) >= 11 is 0. The fourth-order valence-electron chi connectivity index (χ4n) is 2.93. The second-order valence-electron chi connectivity index (χ2n) is 5.83. The Labute approximate surface area is 158 Å². The van der Waals surface area contributed by atoms with Crippen molar-refractivity contribution in [2.75, 3.05) is 0 Å². The minimum absolute atomic E-state index is 0.804. The average Bonchev–Trinajstić information content (AvgIpc) is 2.79. The van der Waals surface area contributed by atoms with Crippen LogP contribution in [0.15, 0.2) is 73.8 Å². The van der Waals surface area contributed by atoms with Crippen LogP contribution >= 0.6 is 0 Å². The van der Waals surface area contributed by atoms with E-state index in [-0.39, 0.29) is 0 Å². The molecular formula is C20H12N8. The predicted octanol–water partition coefficient (Wildman–Crippen LogP) is 3.15. The molecule has 28 heavy (non-hydrogen) atoms. The third-order valence-corrected chi connectivity index (χ3v) is 4.15. The molecule has 0 saturated heterocycles. The van der Waals surface area contributed by atoms with Gasteiger partial charge in [0, 0.05) is 49.6 Å². The summed E-state index contributed by atoms with van der Waals surface area (Å²) in [6.45, 7) is 0. The first-order chi connectivity index (χ1) is 13.9. The van der Waals surface area contributed by atoms with Gasteiger partial charge in [-0.1, -0.05) is 0 Å². The van der Waals surface area contributed by atoms with E-state index in [0.717, 1.165) is 44.1 Å². The Balaban J connectivity index is 0.000000122. The summed E-state index contributed by atoms with van der Waals surface area (Å²) in [6.07, 6.45) is 13.3. The highest BCUT2D eigenvalue weighted by Gasteiger charge is 2.03. The molecule has 0 N–H and O–H groups in total. The monoisotopic (exact) mass is 364 g/mol. The van der Waals surface area contributed by atoms with Gasteiger partial charge in [0.15, 0.2) is 0 Å². The lowest BCUT2D eigenvalue weighted by molar-refractivity contribution is 1.26. The Morgan fingerprint density at radius 1 is 0.286 bits per heavy atom. The van der Waals surface area contributed by atoms with E-state index in [9.17, 15) is 0 Å². The SMILES string of the molecule is c1cnc2c(ccc3nccnc32)n1.c1cnc2c(ccc3nccnc32)n1. The lowest BCUT2D eigenvalue weighted by Crippen LogP contribution is -1.87. The molecule has 8 heteroatoms. The van der Waals surface area contributed by atoms with Crippen LogP contribution in [0, 0.1) is 0 Å². The molecule has 0 aliphatic heterocycles. The molecular weight excluding hydrogens is 352 g/mol. The minimum Gasteiger partial charge on any atom is -0.253 e. The maximum atomic E-state index is 4.24. The van der Waals surface area contributed by atoms with E-state index in [0.29, 0.717) is 0 Å². The van der Waals surface area contributed by atoms with Crippen LogP contribution in [-0.4, -0.2) is 39.9 Å². The quantitative estimate of drug-likeness (QED) is 0.379. The number of nitrogens with zero attached hydrogens (tertiary/aromatic N) is 8. The highest BCUT2D eigenvalue weighted by molar-refractivity contribution is 5.99. The van der Waals surface area contributed by atoms with Gasteiger partial charge in [-0.2, -0.15) is 0 Å². The summed E-state index contributed by atoms with van der Waals surface area (Å²) in [4.78, 5) is 33.8. The van der Waals surface area contributed by atoms with E-state index < -0.39 is 0 Å². The first kappa shape index (κ1) is 16.0. The molecule has 0 amide bonds. The van der Waals surface area contributed by atoms with Crippen LogP contribution in [0.25, 0.3) is 44.1 Å². The molecule has 0 saturated carbocycles. The van der Waals surface area contributed by atoms with E-state index in [2.05, 4.69) is 39.9 Å². The van der Waals surface area contributed by atoms with Gasteiger partial charge in [-0.15, -0.1) is 0 Å². The number of hydrogen-bond acceptors (Lipinski definition) is 8. The van der Waals surface area contributed by atoms with Crippen molar-refractivity contribution in [3.63, 3.8) is 0 Å². The van der Waals surface area contributed by atoms with E-state index in [1.165, 1.54) is 0 Å². The van der Waals surface area contributed by atoms with Crippen LogP contribution < -0.4 is 0 Å². The van der Waals surface area contributed by atoms with E-state index in [1.807, 2.05) is 24.3 Å². The molecule has 0 radical (unpaired) electrons. The molecule has 0 spiro atoms. The average molecular weight is 364 g/mol. The first-order valence-electron chi connectivity index (χ1n) is 8.51. The van der Waals surface area contributed by atoms with Crippen LogP contribution in [-0.2, 0) is 0 Å². The number of benzene rings is 2. The number of aromatic nitrogens is 8. The van der Waals surface area contributed by atoms with E-state index >= 15 is 0 Å². The predicted molar refractivity (Wildman–Crippen MR) is 105 cm³/mol. The maximum Gasteiger partial charge on any atom is 0.116 e. The topological polar surface area (TPSA) is 103 Å². The number of rotatable bonds is 0. The summed E-state index contributed by atoms with van der Waals surface area (Å²) in [5.41, 5.74) is 6.61. The highest BCUT2D eigenvalue weighted by atomic mass is 14.8. The zero-order valence-electron chi connectivity index (χ0n) is 14.5. The van der Waals surface area contributed by atoms with Crippen molar-refractivity contribution in [3.8, 4) is 0 Å². The fourth-order valence-corrected chi connectivity index (χ4v) is 2.93. The van der Waals surface area contributed by atoms with Crippen LogP contribution in [0.5, 0.6) is 0 Å². The molecule has 0 unspecified atom stereocenters. The molecule has 0 fully saturated rings. The molecule has 6 rings (SSSR count). The Kier molecular flexibility index (Phi) is 3.91. The Morgan fingerprint density at radius 3 is 0.750 bits per heavy atom. The lowest BCUT2D eigenvalue weighted by atomic mass is 10.2. The molecule has 0 bridgehead atoms. The van der Waals surface area contributed by atoms with Gasteiger partial charge in [0.05, 0.1) is 22.1 Å². The van der Waals surface area contributed by atoms with Crippen molar-refractivity contribution in [3.05, 3.63) is 73.8 Å². The van der Waals surface area contributed by atoms with Crippen molar-refractivity contribution in [2.45, 2.75) is 0 Å². The fraction of sp³-hybridized carbons (Fsp3) is 0. The van der Waals surface area contributed by atoms with Crippen LogP contribution in [0.3, 0.4) is 0 Å². The molecule has 4 heterocycles. The zero-order valence-corrected chi connectivity index (χ0v) is 14.5. The van der Waals surface area contributed by atoms with E-state index in [4.69, 9.17) is 0 Å². The number of hydrogen-bond donors (Lipinski definition) is 0. The normalized spacial score (nSPS) is 10.9. The third-order valence-electron chi connectivity index (χ3n) is 4.15. The van der Waals surface area contributed by atoms with Gasteiger partial charge in [-0.05, 0) is 24.3 Å². The first-order valence-corrected chi connectivity index (χ1v) is 8.51. The molecule has 8 nitrogen and oxygen atoms in total. The second-order valence-corrected chi connectivity index (χ2v) is 5.83. The van der Waals surface area contributed by atoms with Gasteiger partial charge in [0.25, 0.3) is 0 Å². The number of fused-ring (bicyclic) bond motifs is 6. The standard InChI is InChI=1S/2C10H6N4/c2*1-2-8-10(14-6-4-12-8)9-7(1)11-3-5-13-9/h2*1-6H. The second kappa shape index (κ2) is 6.84. The van der Waals surface area contributed by atoms with Crippen molar-refractivity contribution < 1.29 is 0 Å². The van der Waals surface area contributed by atoms with Crippen molar-refractivity contribution in [2.24, 2.45) is 0 Å².